The molecule has 1 amide bonds. The number of nitro benzene ring substituents is 1. The van der Waals surface area contributed by atoms with Gasteiger partial charge in [-0.15, -0.1) is 0 Å². The number of benzene rings is 1. The minimum Gasteiger partial charge on any atom is -0.311 e. The van der Waals surface area contributed by atoms with Gasteiger partial charge in [-0.3, -0.25) is 14.9 Å². The summed E-state index contributed by atoms with van der Waals surface area (Å²) in [5.74, 6) is -0.415. The van der Waals surface area contributed by atoms with Gasteiger partial charge in [0.1, 0.15) is 5.25 Å². The Kier molecular flexibility index (Phi) is 4.20. The quantitative estimate of drug-likeness (QED) is 0.655. The Hall–Kier alpha value is -2.00. The van der Waals surface area contributed by atoms with E-state index >= 15 is 0 Å². The Morgan fingerprint density at radius 1 is 1.35 bits per heavy atom. The van der Waals surface area contributed by atoms with E-state index in [9.17, 15) is 23.3 Å². The summed E-state index contributed by atoms with van der Waals surface area (Å²) in [6.07, 6.45) is -0.215. The zero-order chi connectivity index (χ0) is 17.6. The average molecular weight is 341 g/mol. The highest BCUT2D eigenvalue weighted by Crippen LogP contribution is 2.35. The first-order valence-electron chi connectivity index (χ1n) is 7.02. The second kappa shape index (κ2) is 5.57. The SMILES string of the molecule is CC(C)(C)c1ccc(N2CC(S(N)(=O)=O)CC2=O)cc1[N+](=O)[O-]. The number of nitrogens with zero attached hydrogens (tertiary/aromatic N) is 2. The molecule has 1 aliphatic heterocycles. The van der Waals surface area contributed by atoms with Crippen LogP contribution in [-0.2, 0) is 20.2 Å². The highest BCUT2D eigenvalue weighted by atomic mass is 32.2. The van der Waals surface area contributed by atoms with Crippen LogP contribution in [-0.4, -0.2) is 31.0 Å². The number of primary sulfonamides is 1. The van der Waals surface area contributed by atoms with E-state index in [1.807, 2.05) is 20.8 Å². The molecule has 23 heavy (non-hydrogen) atoms. The predicted octanol–water partition coefficient (Wildman–Crippen LogP) is 1.29. The summed E-state index contributed by atoms with van der Waals surface area (Å²) in [6, 6.07) is 4.51. The van der Waals surface area contributed by atoms with Gasteiger partial charge in [0.2, 0.25) is 15.9 Å². The molecule has 1 heterocycles. The number of amides is 1. The Morgan fingerprint density at radius 3 is 2.39 bits per heavy atom. The Balaban J connectivity index is 2.44. The van der Waals surface area contributed by atoms with Crippen molar-refractivity contribution >= 4 is 27.3 Å². The molecule has 0 radical (unpaired) electrons. The molecule has 1 aromatic carbocycles. The van der Waals surface area contributed by atoms with Crippen LogP contribution in [0.1, 0.15) is 32.8 Å². The monoisotopic (exact) mass is 341 g/mol. The molecule has 1 aromatic rings. The fraction of sp³-hybridized carbons (Fsp3) is 0.500. The van der Waals surface area contributed by atoms with Gasteiger partial charge in [-0.1, -0.05) is 20.8 Å². The van der Waals surface area contributed by atoms with E-state index in [-0.39, 0.29) is 18.7 Å². The third-order valence-electron chi connectivity index (χ3n) is 3.85. The summed E-state index contributed by atoms with van der Waals surface area (Å²) in [7, 11) is -3.83. The summed E-state index contributed by atoms with van der Waals surface area (Å²) < 4.78 is 22.8. The van der Waals surface area contributed by atoms with Gasteiger partial charge in [-0.2, -0.15) is 0 Å². The maximum atomic E-state index is 12.0. The predicted molar refractivity (Wildman–Crippen MR) is 85.7 cm³/mol. The van der Waals surface area contributed by atoms with E-state index in [1.54, 1.807) is 12.1 Å². The smallest absolute Gasteiger partial charge is 0.275 e. The third kappa shape index (κ3) is 3.50. The van der Waals surface area contributed by atoms with Crippen LogP contribution in [0, 0.1) is 10.1 Å². The topological polar surface area (TPSA) is 124 Å². The number of sulfonamides is 1. The molecule has 2 rings (SSSR count). The van der Waals surface area contributed by atoms with Crippen LogP contribution in [0.25, 0.3) is 0 Å². The minimum absolute atomic E-state index is 0.0936. The lowest BCUT2D eigenvalue weighted by Crippen LogP contribution is -2.32. The molecule has 0 spiro atoms. The molecular weight excluding hydrogens is 322 g/mol. The molecule has 1 atom stereocenters. The van der Waals surface area contributed by atoms with E-state index in [0.717, 1.165) is 0 Å². The van der Waals surface area contributed by atoms with Crippen molar-refractivity contribution in [3.8, 4) is 0 Å². The first-order valence-corrected chi connectivity index (χ1v) is 8.63. The van der Waals surface area contributed by atoms with Crippen LogP contribution >= 0.6 is 0 Å². The standard InChI is InChI=1S/C14H19N3O5S/c1-14(2,3)11-5-4-9(6-12(11)17(19)20)16-8-10(7-13(16)18)23(15,21)22/h4-6,10H,7-8H2,1-3H3,(H2,15,21,22). The third-order valence-corrected chi connectivity index (χ3v) is 5.10. The lowest BCUT2D eigenvalue weighted by atomic mass is 9.85. The van der Waals surface area contributed by atoms with Gasteiger partial charge in [0.25, 0.3) is 5.69 Å². The lowest BCUT2D eigenvalue weighted by molar-refractivity contribution is -0.385. The van der Waals surface area contributed by atoms with Crippen molar-refractivity contribution in [1.29, 1.82) is 0 Å². The second-order valence-corrected chi connectivity index (χ2v) is 8.47. The fourth-order valence-corrected chi connectivity index (χ4v) is 3.35. The Morgan fingerprint density at radius 2 is 1.96 bits per heavy atom. The average Bonchev–Trinajstić information content (AvgIpc) is 2.79. The molecule has 1 saturated heterocycles. The summed E-state index contributed by atoms with van der Waals surface area (Å²) in [4.78, 5) is 24.1. The molecule has 2 N–H and O–H groups in total. The Bertz CT molecular complexity index is 767. The molecule has 1 fully saturated rings. The number of carbonyl (C=O) groups is 1. The van der Waals surface area contributed by atoms with Crippen molar-refractivity contribution in [2.75, 3.05) is 11.4 Å². The van der Waals surface area contributed by atoms with Gasteiger partial charge in [-0.05, 0) is 17.5 Å². The Labute approximate surface area is 134 Å². The second-order valence-electron chi connectivity index (χ2n) is 6.63. The minimum atomic E-state index is -3.83. The van der Waals surface area contributed by atoms with Crippen LogP contribution in [0.2, 0.25) is 0 Å². The van der Waals surface area contributed by atoms with Crippen molar-refractivity contribution in [2.24, 2.45) is 5.14 Å². The van der Waals surface area contributed by atoms with Crippen LogP contribution in [0.5, 0.6) is 0 Å². The maximum Gasteiger partial charge on any atom is 0.275 e. The van der Waals surface area contributed by atoms with Crippen LogP contribution in [0.4, 0.5) is 11.4 Å². The van der Waals surface area contributed by atoms with E-state index in [0.29, 0.717) is 11.3 Å². The van der Waals surface area contributed by atoms with Gasteiger partial charge in [0, 0.05) is 24.6 Å². The zero-order valence-electron chi connectivity index (χ0n) is 13.1. The fourth-order valence-electron chi connectivity index (χ4n) is 2.62. The van der Waals surface area contributed by atoms with Crippen LogP contribution in [0.3, 0.4) is 0 Å². The number of hydrogen-bond acceptors (Lipinski definition) is 5. The number of hydrogen-bond donors (Lipinski definition) is 1. The summed E-state index contributed by atoms with van der Waals surface area (Å²) in [6.45, 7) is 5.47. The molecule has 1 unspecified atom stereocenters. The van der Waals surface area contributed by atoms with Gasteiger partial charge in [0.05, 0.1) is 10.6 Å². The normalized spacial score (nSPS) is 19.2. The van der Waals surface area contributed by atoms with Crippen LogP contribution in [0.15, 0.2) is 18.2 Å². The number of nitrogens with two attached hydrogens (primary N) is 1. The molecule has 8 nitrogen and oxygen atoms in total. The number of rotatable bonds is 3. The van der Waals surface area contributed by atoms with Crippen LogP contribution < -0.4 is 10.0 Å². The van der Waals surface area contributed by atoms with E-state index in [2.05, 4.69) is 0 Å². The highest BCUT2D eigenvalue weighted by Gasteiger charge is 2.38. The number of carbonyl (C=O) groups excluding carboxylic acids is 1. The van der Waals surface area contributed by atoms with E-state index in [1.165, 1.54) is 11.0 Å². The van der Waals surface area contributed by atoms with Gasteiger partial charge in [0.15, 0.2) is 0 Å². The molecule has 1 aliphatic rings. The highest BCUT2D eigenvalue weighted by molar-refractivity contribution is 7.89. The van der Waals surface area contributed by atoms with Crippen molar-refractivity contribution in [1.82, 2.24) is 0 Å². The maximum absolute atomic E-state index is 12.0. The van der Waals surface area contributed by atoms with Crippen molar-refractivity contribution in [3.05, 3.63) is 33.9 Å². The van der Waals surface area contributed by atoms with E-state index < -0.39 is 31.5 Å². The molecule has 9 heteroatoms. The van der Waals surface area contributed by atoms with Gasteiger partial charge >= 0.3 is 0 Å². The lowest BCUT2D eigenvalue weighted by Gasteiger charge is -2.21. The number of anilines is 1. The zero-order valence-corrected chi connectivity index (χ0v) is 14.0. The van der Waals surface area contributed by atoms with E-state index in [4.69, 9.17) is 5.14 Å². The largest absolute Gasteiger partial charge is 0.311 e. The van der Waals surface area contributed by atoms with Crippen molar-refractivity contribution in [3.63, 3.8) is 0 Å². The number of nitro groups is 1. The molecule has 0 aliphatic carbocycles. The molecule has 0 saturated carbocycles. The first kappa shape index (κ1) is 17.4. The first-order chi connectivity index (χ1) is 10.4. The van der Waals surface area contributed by atoms with Crippen molar-refractivity contribution in [2.45, 2.75) is 37.9 Å². The summed E-state index contributed by atoms with van der Waals surface area (Å²) >= 11 is 0. The molecule has 126 valence electrons. The van der Waals surface area contributed by atoms with Gasteiger partial charge in [-0.25, -0.2) is 13.6 Å². The van der Waals surface area contributed by atoms with Gasteiger partial charge < -0.3 is 4.90 Å². The summed E-state index contributed by atoms with van der Waals surface area (Å²) in [5, 5.41) is 15.4. The summed E-state index contributed by atoms with van der Waals surface area (Å²) in [5.41, 5.74) is 0.322. The van der Waals surface area contributed by atoms with Crippen molar-refractivity contribution < 1.29 is 18.1 Å². The molecule has 0 bridgehead atoms. The molecular formula is C14H19N3O5S. The molecule has 0 aromatic heterocycles.